The number of Topliss-reactive ketones (excluding diaryl/α,β-unsaturated/α-hetero) is 1. The van der Waals surface area contributed by atoms with Crippen LogP contribution in [0, 0.1) is 5.41 Å². The molecule has 0 saturated heterocycles. The van der Waals surface area contributed by atoms with Gasteiger partial charge in [0.15, 0.2) is 0 Å². The van der Waals surface area contributed by atoms with Crippen molar-refractivity contribution in [3.05, 3.63) is 0 Å². The average Bonchev–Trinajstić information content (AvgIpc) is 1.97. The van der Waals surface area contributed by atoms with Crippen molar-refractivity contribution in [3.63, 3.8) is 0 Å². The van der Waals surface area contributed by atoms with Gasteiger partial charge in [-0.2, -0.15) is 0 Å². The van der Waals surface area contributed by atoms with Crippen molar-refractivity contribution in [1.82, 2.24) is 0 Å². The minimum Gasteiger partial charge on any atom is -0.299 e. The Kier molecular flexibility index (Phi) is 4.68. The minimum absolute atomic E-state index is 0.198. The van der Waals surface area contributed by atoms with E-state index in [0.29, 0.717) is 17.9 Å². The number of ketones is 1. The molecule has 72 valence electrons. The molecule has 0 aromatic rings. The topological polar surface area (TPSA) is 34.1 Å². The van der Waals surface area contributed by atoms with Gasteiger partial charge in [0, 0.05) is 34.1 Å². The molecule has 0 aliphatic carbocycles. The second kappa shape index (κ2) is 4.75. The van der Waals surface area contributed by atoms with E-state index < -0.39 is 10.8 Å². The van der Waals surface area contributed by atoms with E-state index in [0.717, 1.165) is 0 Å². The fourth-order valence-electron chi connectivity index (χ4n) is 0.726. The zero-order valence-electron chi connectivity index (χ0n) is 8.35. The molecule has 0 aliphatic rings. The van der Waals surface area contributed by atoms with Crippen molar-refractivity contribution < 1.29 is 9.00 Å². The molecule has 0 amide bonds. The molecule has 0 spiro atoms. The fraction of sp³-hybridized carbons (Fsp3) is 0.889. The van der Waals surface area contributed by atoms with Gasteiger partial charge in [0.1, 0.15) is 5.78 Å². The first-order chi connectivity index (χ1) is 5.38. The first-order valence-electron chi connectivity index (χ1n) is 4.26. The Bertz CT molecular complexity index is 179. The molecule has 0 heterocycles. The number of rotatable bonds is 4. The van der Waals surface area contributed by atoms with E-state index in [9.17, 15) is 9.00 Å². The maximum atomic E-state index is 11.4. The van der Waals surface area contributed by atoms with Crippen LogP contribution < -0.4 is 0 Å². The molecule has 0 aliphatic heterocycles. The minimum atomic E-state index is -0.803. The molecule has 0 aromatic heterocycles. The SMILES string of the molecule is CCS(=O)CCC(=O)C(C)(C)C. The van der Waals surface area contributed by atoms with E-state index in [1.165, 1.54) is 0 Å². The first-order valence-corrected chi connectivity index (χ1v) is 5.75. The van der Waals surface area contributed by atoms with Gasteiger partial charge in [-0.05, 0) is 0 Å². The summed E-state index contributed by atoms with van der Waals surface area (Å²) in [5.41, 5.74) is -0.280. The summed E-state index contributed by atoms with van der Waals surface area (Å²) in [5, 5.41) is 0. The standard InChI is InChI=1S/C9H18O2S/c1-5-12(11)7-6-8(10)9(2,3)4/h5-7H2,1-4H3. The molecule has 0 bridgehead atoms. The molecule has 3 heteroatoms. The summed E-state index contributed by atoms with van der Waals surface area (Å²) in [6.07, 6.45) is 0.448. The Morgan fingerprint density at radius 2 is 1.83 bits per heavy atom. The Morgan fingerprint density at radius 1 is 1.33 bits per heavy atom. The molecule has 0 radical (unpaired) electrons. The van der Waals surface area contributed by atoms with Gasteiger partial charge in [-0.3, -0.25) is 9.00 Å². The van der Waals surface area contributed by atoms with Crippen LogP contribution >= 0.6 is 0 Å². The highest BCUT2D eigenvalue weighted by Gasteiger charge is 2.20. The summed E-state index contributed by atoms with van der Waals surface area (Å²) >= 11 is 0. The summed E-state index contributed by atoms with van der Waals surface area (Å²) < 4.78 is 11.0. The summed E-state index contributed by atoms with van der Waals surface area (Å²) in [4.78, 5) is 11.4. The third-order valence-electron chi connectivity index (χ3n) is 1.72. The summed E-state index contributed by atoms with van der Waals surface area (Å²) in [5.74, 6) is 1.37. The van der Waals surface area contributed by atoms with Crippen LogP contribution in [0.3, 0.4) is 0 Å². The lowest BCUT2D eigenvalue weighted by Gasteiger charge is -2.15. The lowest BCUT2D eigenvalue weighted by molar-refractivity contribution is -0.125. The molecule has 0 saturated carbocycles. The van der Waals surface area contributed by atoms with Gasteiger partial charge < -0.3 is 0 Å². The predicted molar refractivity (Wildman–Crippen MR) is 52.6 cm³/mol. The molecule has 1 atom stereocenters. The number of carbonyl (C=O) groups is 1. The van der Waals surface area contributed by atoms with E-state index in [2.05, 4.69) is 0 Å². The fourth-order valence-corrected chi connectivity index (χ4v) is 1.43. The Hall–Kier alpha value is -0.180. The second-order valence-corrected chi connectivity index (χ2v) is 5.72. The molecule has 0 aromatic carbocycles. The summed E-state index contributed by atoms with van der Waals surface area (Å²) in [7, 11) is -0.803. The number of hydrogen-bond acceptors (Lipinski definition) is 2. The van der Waals surface area contributed by atoms with Gasteiger partial charge in [0.05, 0.1) is 0 Å². The van der Waals surface area contributed by atoms with Crippen LogP contribution in [-0.4, -0.2) is 21.5 Å². The smallest absolute Gasteiger partial charge is 0.139 e. The molecule has 0 rings (SSSR count). The highest BCUT2D eigenvalue weighted by molar-refractivity contribution is 7.84. The monoisotopic (exact) mass is 190 g/mol. The van der Waals surface area contributed by atoms with Crippen LogP contribution in [0.2, 0.25) is 0 Å². The van der Waals surface area contributed by atoms with Crippen molar-refractivity contribution >= 4 is 16.6 Å². The van der Waals surface area contributed by atoms with Crippen molar-refractivity contribution in [2.24, 2.45) is 5.41 Å². The van der Waals surface area contributed by atoms with Crippen LogP contribution in [-0.2, 0) is 15.6 Å². The van der Waals surface area contributed by atoms with Crippen LogP contribution in [0.15, 0.2) is 0 Å². The lowest BCUT2D eigenvalue weighted by Crippen LogP contribution is -2.22. The van der Waals surface area contributed by atoms with Gasteiger partial charge >= 0.3 is 0 Å². The molecular weight excluding hydrogens is 172 g/mol. The van der Waals surface area contributed by atoms with Crippen LogP contribution in [0.1, 0.15) is 34.1 Å². The Morgan fingerprint density at radius 3 is 2.17 bits per heavy atom. The molecule has 0 fully saturated rings. The highest BCUT2D eigenvalue weighted by Crippen LogP contribution is 2.16. The first kappa shape index (κ1) is 11.8. The molecule has 1 unspecified atom stereocenters. The Labute approximate surface area is 77.2 Å². The van der Waals surface area contributed by atoms with Gasteiger partial charge in [0.25, 0.3) is 0 Å². The maximum absolute atomic E-state index is 11.4. The third kappa shape index (κ3) is 4.65. The Balaban J connectivity index is 3.81. The highest BCUT2D eigenvalue weighted by atomic mass is 32.2. The van der Waals surface area contributed by atoms with Gasteiger partial charge in [-0.15, -0.1) is 0 Å². The zero-order valence-corrected chi connectivity index (χ0v) is 9.16. The van der Waals surface area contributed by atoms with E-state index >= 15 is 0 Å². The third-order valence-corrected chi connectivity index (χ3v) is 3.02. The lowest BCUT2D eigenvalue weighted by atomic mass is 9.89. The van der Waals surface area contributed by atoms with Gasteiger partial charge in [-0.25, -0.2) is 0 Å². The largest absolute Gasteiger partial charge is 0.299 e. The number of carbonyl (C=O) groups excluding carboxylic acids is 1. The quantitative estimate of drug-likeness (QED) is 0.677. The van der Waals surface area contributed by atoms with E-state index in [-0.39, 0.29) is 11.2 Å². The normalized spacial score (nSPS) is 14.3. The number of hydrogen-bond donors (Lipinski definition) is 0. The van der Waals surface area contributed by atoms with Crippen LogP contribution in [0.5, 0.6) is 0 Å². The second-order valence-electron chi connectivity index (χ2n) is 3.86. The van der Waals surface area contributed by atoms with E-state index in [4.69, 9.17) is 0 Å². The zero-order chi connectivity index (χ0) is 9.78. The van der Waals surface area contributed by atoms with Crippen molar-refractivity contribution in [2.75, 3.05) is 11.5 Å². The predicted octanol–water partition coefficient (Wildman–Crippen LogP) is 1.76. The van der Waals surface area contributed by atoms with Gasteiger partial charge in [-0.1, -0.05) is 27.7 Å². The molecule has 12 heavy (non-hydrogen) atoms. The molecular formula is C9H18O2S. The molecule has 0 N–H and O–H groups in total. The van der Waals surface area contributed by atoms with Crippen LogP contribution in [0.4, 0.5) is 0 Å². The summed E-state index contributed by atoms with van der Waals surface area (Å²) in [6.45, 7) is 7.55. The van der Waals surface area contributed by atoms with Crippen molar-refractivity contribution in [3.8, 4) is 0 Å². The van der Waals surface area contributed by atoms with Crippen molar-refractivity contribution in [1.29, 1.82) is 0 Å². The summed E-state index contributed by atoms with van der Waals surface area (Å²) in [6, 6.07) is 0. The maximum Gasteiger partial charge on any atom is 0.139 e. The van der Waals surface area contributed by atoms with Crippen LogP contribution in [0.25, 0.3) is 0 Å². The van der Waals surface area contributed by atoms with Crippen molar-refractivity contribution in [2.45, 2.75) is 34.1 Å². The molecule has 2 nitrogen and oxygen atoms in total. The average molecular weight is 190 g/mol. The van der Waals surface area contributed by atoms with E-state index in [1.807, 2.05) is 27.7 Å². The van der Waals surface area contributed by atoms with Gasteiger partial charge in [0.2, 0.25) is 0 Å². The van der Waals surface area contributed by atoms with E-state index in [1.54, 1.807) is 0 Å².